The summed E-state index contributed by atoms with van der Waals surface area (Å²) >= 11 is 0. The lowest BCUT2D eigenvalue weighted by Gasteiger charge is -2.34. The molecule has 3 heterocycles. The number of benzene rings is 1. The van der Waals surface area contributed by atoms with E-state index in [9.17, 15) is 5.26 Å². The Kier molecular flexibility index (Phi) is 4.83. The lowest BCUT2D eigenvalue weighted by Crippen LogP contribution is -2.34. The number of hydrogen-bond acceptors (Lipinski definition) is 6. The van der Waals surface area contributed by atoms with Gasteiger partial charge in [0.05, 0.1) is 0 Å². The lowest BCUT2D eigenvalue weighted by atomic mass is 10.0. The molecule has 3 aromatic rings. The maximum Gasteiger partial charge on any atom is 0.216 e. The van der Waals surface area contributed by atoms with E-state index in [0.29, 0.717) is 11.6 Å². The molecule has 27 heavy (non-hydrogen) atoms. The second kappa shape index (κ2) is 7.74. The van der Waals surface area contributed by atoms with Crippen LogP contribution in [0.4, 0.5) is 11.4 Å². The Morgan fingerprint density at radius 1 is 1.19 bits per heavy atom. The van der Waals surface area contributed by atoms with Crippen LogP contribution in [0.1, 0.15) is 24.7 Å². The number of nitriles is 1. The zero-order valence-electron chi connectivity index (χ0n) is 14.8. The van der Waals surface area contributed by atoms with Gasteiger partial charge in [-0.1, -0.05) is 0 Å². The minimum absolute atomic E-state index is 0.271. The molecule has 0 bridgehead atoms. The van der Waals surface area contributed by atoms with Gasteiger partial charge in [-0.3, -0.25) is 0 Å². The summed E-state index contributed by atoms with van der Waals surface area (Å²) in [6.07, 6.45) is 8.18. The molecule has 8 heteroatoms. The van der Waals surface area contributed by atoms with Crippen molar-refractivity contribution < 1.29 is 0 Å². The van der Waals surface area contributed by atoms with Crippen LogP contribution in [0, 0.1) is 11.3 Å². The molecule has 0 spiro atoms. The number of allylic oxidation sites excluding steroid dienone is 1. The SMILES string of the molecule is N#CC(=CNc1ccc(N2CCC(n3cccc3)CC2)cc1)c1nn[nH]n1. The van der Waals surface area contributed by atoms with Crippen molar-refractivity contribution in [1.82, 2.24) is 25.2 Å². The van der Waals surface area contributed by atoms with Gasteiger partial charge in [-0.15, -0.1) is 10.2 Å². The first-order valence-electron chi connectivity index (χ1n) is 8.91. The Bertz CT molecular complexity index is 911. The van der Waals surface area contributed by atoms with Crippen molar-refractivity contribution >= 4 is 16.9 Å². The zero-order valence-corrected chi connectivity index (χ0v) is 14.8. The van der Waals surface area contributed by atoms with E-state index < -0.39 is 0 Å². The summed E-state index contributed by atoms with van der Waals surface area (Å²) < 4.78 is 2.31. The van der Waals surface area contributed by atoms with Crippen LogP contribution >= 0.6 is 0 Å². The Hall–Kier alpha value is -3.60. The number of hydrogen-bond donors (Lipinski definition) is 2. The van der Waals surface area contributed by atoms with Crippen LogP contribution in [0.3, 0.4) is 0 Å². The predicted octanol–water partition coefficient (Wildman–Crippen LogP) is 2.82. The lowest BCUT2D eigenvalue weighted by molar-refractivity contribution is 0.397. The van der Waals surface area contributed by atoms with Gasteiger partial charge in [0.15, 0.2) is 0 Å². The molecule has 2 aromatic heterocycles. The van der Waals surface area contributed by atoms with Gasteiger partial charge < -0.3 is 14.8 Å². The molecule has 4 rings (SSSR count). The van der Waals surface area contributed by atoms with E-state index in [2.05, 4.69) is 78.1 Å². The van der Waals surface area contributed by atoms with Crippen LogP contribution in [0.2, 0.25) is 0 Å². The van der Waals surface area contributed by atoms with Crippen LogP contribution in [0.15, 0.2) is 55.0 Å². The van der Waals surface area contributed by atoms with Gasteiger partial charge in [-0.05, 0) is 54.5 Å². The van der Waals surface area contributed by atoms with Crippen molar-refractivity contribution in [2.24, 2.45) is 0 Å². The fourth-order valence-electron chi connectivity index (χ4n) is 3.36. The first-order chi connectivity index (χ1) is 13.3. The molecule has 0 amide bonds. The molecule has 1 aliphatic rings. The molecule has 1 aromatic carbocycles. The fourth-order valence-corrected chi connectivity index (χ4v) is 3.36. The minimum atomic E-state index is 0.271. The summed E-state index contributed by atoms with van der Waals surface area (Å²) in [4.78, 5) is 2.42. The van der Waals surface area contributed by atoms with Crippen LogP contribution in [-0.4, -0.2) is 38.3 Å². The molecule has 0 saturated carbocycles. The summed E-state index contributed by atoms with van der Waals surface area (Å²) in [5.41, 5.74) is 2.44. The average molecular weight is 360 g/mol. The van der Waals surface area contributed by atoms with E-state index in [4.69, 9.17) is 0 Å². The number of rotatable bonds is 5. The normalized spacial score (nSPS) is 15.5. The van der Waals surface area contributed by atoms with E-state index >= 15 is 0 Å². The summed E-state index contributed by atoms with van der Waals surface area (Å²) in [5.74, 6) is 0.271. The van der Waals surface area contributed by atoms with E-state index in [1.807, 2.05) is 12.1 Å². The highest BCUT2D eigenvalue weighted by Gasteiger charge is 2.20. The monoisotopic (exact) mass is 360 g/mol. The first kappa shape index (κ1) is 16.8. The Labute approximate surface area is 157 Å². The van der Waals surface area contributed by atoms with Gasteiger partial charge in [0.25, 0.3) is 0 Å². The van der Waals surface area contributed by atoms with Gasteiger partial charge >= 0.3 is 0 Å². The first-order valence-corrected chi connectivity index (χ1v) is 8.91. The molecule has 8 nitrogen and oxygen atoms in total. The average Bonchev–Trinajstić information content (AvgIpc) is 3.44. The van der Waals surface area contributed by atoms with Crippen molar-refractivity contribution in [3.8, 4) is 6.07 Å². The van der Waals surface area contributed by atoms with Gasteiger partial charge in [-0.2, -0.15) is 10.5 Å². The van der Waals surface area contributed by atoms with Gasteiger partial charge in [-0.25, -0.2) is 0 Å². The van der Waals surface area contributed by atoms with Gasteiger partial charge in [0.1, 0.15) is 11.6 Å². The topological polar surface area (TPSA) is 98.5 Å². The number of aromatic amines is 1. The van der Waals surface area contributed by atoms with Crippen LogP contribution in [0.5, 0.6) is 0 Å². The number of H-pyrrole nitrogens is 1. The maximum atomic E-state index is 9.19. The van der Waals surface area contributed by atoms with Crippen molar-refractivity contribution in [1.29, 1.82) is 5.26 Å². The second-order valence-electron chi connectivity index (χ2n) is 6.44. The number of nitrogens with zero attached hydrogens (tertiary/aromatic N) is 6. The molecule has 2 N–H and O–H groups in total. The number of anilines is 2. The Morgan fingerprint density at radius 3 is 2.56 bits per heavy atom. The van der Waals surface area contributed by atoms with Crippen molar-refractivity contribution in [3.63, 3.8) is 0 Å². The highest BCUT2D eigenvalue weighted by molar-refractivity contribution is 5.74. The number of tetrazole rings is 1. The second-order valence-corrected chi connectivity index (χ2v) is 6.44. The van der Waals surface area contributed by atoms with Crippen molar-refractivity contribution in [3.05, 3.63) is 60.8 Å². The van der Waals surface area contributed by atoms with Crippen LogP contribution in [0.25, 0.3) is 5.57 Å². The number of piperidine rings is 1. The third-order valence-corrected chi connectivity index (χ3v) is 4.84. The van der Waals surface area contributed by atoms with Gasteiger partial charge in [0, 0.05) is 49.1 Å². The number of nitrogens with one attached hydrogen (secondary N) is 2. The molecule has 1 aliphatic heterocycles. The molecule has 136 valence electrons. The van der Waals surface area contributed by atoms with Crippen molar-refractivity contribution in [2.45, 2.75) is 18.9 Å². The number of aromatic nitrogens is 5. The van der Waals surface area contributed by atoms with E-state index in [-0.39, 0.29) is 5.82 Å². The summed E-state index contributed by atoms with van der Waals surface area (Å²) in [6.45, 7) is 2.10. The molecular formula is C19H20N8. The summed E-state index contributed by atoms with van der Waals surface area (Å²) in [7, 11) is 0. The highest BCUT2D eigenvalue weighted by atomic mass is 15.5. The molecule has 1 saturated heterocycles. The fraction of sp³-hybridized carbons (Fsp3) is 0.263. The largest absolute Gasteiger partial charge is 0.371 e. The van der Waals surface area contributed by atoms with Crippen molar-refractivity contribution in [2.75, 3.05) is 23.3 Å². The molecule has 1 fully saturated rings. The smallest absolute Gasteiger partial charge is 0.216 e. The van der Waals surface area contributed by atoms with E-state index in [0.717, 1.165) is 31.6 Å². The molecule has 0 atom stereocenters. The molecule has 0 aliphatic carbocycles. The Balaban J connectivity index is 1.36. The Morgan fingerprint density at radius 2 is 1.93 bits per heavy atom. The summed E-state index contributed by atoms with van der Waals surface area (Å²) in [5, 5.41) is 25.7. The quantitative estimate of drug-likeness (QED) is 0.679. The standard InChI is InChI=1S/C19H20N8/c20-13-15(19-22-24-25-23-19)14-21-16-3-5-17(6-4-16)27-11-7-18(8-12-27)26-9-1-2-10-26/h1-6,9-10,14,18,21H,7-8,11-12H2,(H,22,23,24,25). The highest BCUT2D eigenvalue weighted by Crippen LogP contribution is 2.27. The zero-order chi connectivity index (χ0) is 18.5. The minimum Gasteiger partial charge on any atom is -0.371 e. The van der Waals surface area contributed by atoms with Crippen LogP contribution < -0.4 is 10.2 Å². The van der Waals surface area contributed by atoms with E-state index in [1.54, 1.807) is 6.20 Å². The maximum absolute atomic E-state index is 9.19. The molecular weight excluding hydrogens is 340 g/mol. The molecule has 0 unspecified atom stereocenters. The van der Waals surface area contributed by atoms with Gasteiger partial charge in [0.2, 0.25) is 5.82 Å². The molecule has 0 radical (unpaired) electrons. The predicted molar refractivity (Wildman–Crippen MR) is 103 cm³/mol. The third kappa shape index (κ3) is 3.82. The summed E-state index contributed by atoms with van der Waals surface area (Å²) in [6, 6.07) is 15.0. The van der Waals surface area contributed by atoms with Crippen LogP contribution in [-0.2, 0) is 0 Å². The van der Waals surface area contributed by atoms with E-state index in [1.165, 1.54) is 5.69 Å². The third-order valence-electron chi connectivity index (χ3n) is 4.84.